The molecule has 2 heterocycles. The number of imide groups is 1. The minimum Gasteiger partial charge on any atom is -0.480 e. The van der Waals surface area contributed by atoms with E-state index >= 15 is 0 Å². The fourth-order valence-electron chi connectivity index (χ4n) is 3.50. The number of benzene rings is 1. The van der Waals surface area contributed by atoms with Crippen LogP contribution in [0.3, 0.4) is 0 Å². The number of likely N-dealkylation sites (tertiary alicyclic amines) is 1. The lowest BCUT2D eigenvalue weighted by Gasteiger charge is -2.31. The summed E-state index contributed by atoms with van der Waals surface area (Å²) in [5.74, 6) is -0.823. The molecule has 1 aromatic carbocycles. The molecule has 0 aliphatic carbocycles. The summed E-state index contributed by atoms with van der Waals surface area (Å²) >= 11 is 0. The number of hydrogen-bond acceptors (Lipinski definition) is 5. The van der Waals surface area contributed by atoms with Crippen molar-refractivity contribution in [2.45, 2.75) is 51.5 Å². The monoisotopic (exact) mass is 375 g/mol. The maximum absolute atomic E-state index is 11.8. The van der Waals surface area contributed by atoms with Crippen molar-refractivity contribution in [3.8, 4) is 0 Å². The average Bonchev–Trinajstić information content (AvgIpc) is 2.66. The molecular formula is C20H29N3O4. The molecule has 2 saturated heterocycles. The molecule has 0 radical (unpaired) electrons. The summed E-state index contributed by atoms with van der Waals surface area (Å²) in [6, 6.07) is 7.67. The molecule has 1 atom stereocenters. The standard InChI is InChI=1S/C18H23N3O4.C2H6/c22-16-6-5-15(18(25)20-16)19-14-3-1-12(2-4-14)13-7-9-21(10-8-13)11-17(23)24;1-2/h1-4,13,15,19H,5-11H2,(H,23,24)(H,20,22,25);1-2H3. The van der Waals surface area contributed by atoms with Gasteiger partial charge in [-0.25, -0.2) is 0 Å². The predicted molar refractivity (Wildman–Crippen MR) is 104 cm³/mol. The Hall–Kier alpha value is -2.41. The number of hydrogen-bond donors (Lipinski definition) is 3. The molecule has 148 valence electrons. The Morgan fingerprint density at radius 2 is 1.78 bits per heavy atom. The third-order valence-electron chi connectivity index (χ3n) is 4.91. The van der Waals surface area contributed by atoms with E-state index in [1.165, 1.54) is 5.56 Å². The van der Waals surface area contributed by atoms with Gasteiger partial charge in [0.1, 0.15) is 6.04 Å². The number of amides is 2. The first kappa shape index (κ1) is 20.9. The fraction of sp³-hybridized carbons (Fsp3) is 0.550. The van der Waals surface area contributed by atoms with Gasteiger partial charge in [0.2, 0.25) is 11.8 Å². The fourth-order valence-corrected chi connectivity index (χ4v) is 3.50. The molecule has 2 aliphatic heterocycles. The van der Waals surface area contributed by atoms with Gasteiger partial charge in [-0.05, 0) is 56.0 Å². The molecule has 1 unspecified atom stereocenters. The molecule has 7 heteroatoms. The van der Waals surface area contributed by atoms with Gasteiger partial charge in [-0.2, -0.15) is 0 Å². The van der Waals surface area contributed by atoms with Gasteiger partial charge in [0.25, 0.3) is 0 Å². The number of rotatable bonds is 5. The summed E-state index contributed by atoms with van der Waals surface area (Å²) in [6.45, 7) is 5.71. The molecule has 3 N–H and O–H groups in total. The van der Waals surface area contributed by atoms with Crippen molar-refractivity contribution in [2.24, 2.45) is 0 Å². The Kier molecular flexibility index (Phi) is 7.79. The minimum absolute atomic E-state index is 0.113. The van der Waals surface area contributed by atoms with E-state index < -0.39 is 5.97 Å². The van der Waals surface area contributed by atoms with E-state index in [0.29, 0.717) is 18.8 Å². The molecule has 3 rings (SSSR count). The van der Waals surface area contributed by atoms with Crippen LogP contribution in [0.2, 0.25) is 0 Å². The van der Waals surface area contributed by atoms with Crippen LogP contribution < -0.4 is 10.6 Å². The molecule has 0 aromatic heterocycles. The van der Waals surface area contributed by atoms with Gasteiger partial charge in [-0.1, -0.05) is 26.0 Å². The molecule has 2 fully saturated rings. The maximum atomic E-state index is 11.8. The van der Waals surface area contributed by atoms with E-state index in [-0.39, 0.29) is 24.4 Å². The van der Waals surface area contributed by atoms with Gasteiger partial charge in [0.15, 0.2) is 0 Å². The lowest BCUT2D eigenvalue weighted by molar-refractivity contribution is -0.138. The lowest BCUT2D eigenvalue weighted by atomic mass is 9.89. The van der Waals surface area contributed by atoms with E-state index in [0.717, 1.165) is 31.6 Å². The van der Waals surface area contributed by atoms with Crippen LogP contribution in [-0.2, 0) is 14.4 Å². The van der Waals surface area contributed by atoms with Crippen molar-refractivity contribution in [1.82, 2.24) is 10.2 Å². The summed E-state index contributed by atoms with van der Waals surface area (Å²) in [4.78, 5) is 35.7. The number of carbonyl (C=O) groups excluding carboxylic acids is 2. The topological polar surface area (TPSA) is 98.7 Å². The van der Waals surface area contributed by atoms with E-state index in [1.54, 1.807) is 0 Å². The van der Waals surface area contributed by atoms with Crippen molar-refractivity contribution < 1.29 is 19.5 Å². The SMILES string of the molecule is CC.O=C(O)CN1CCC(c2ccc(NC3CCC(=O)NC3=O)cc2)CC1. The van der Waals surface area contributed by atoms with Crippen molar-refractivity contribution in [3.05, 3.63) is 29.8 Å². The predicted octanol–water partition coefficient (Wildman–Crippen LogP) is 2.19. The van der Waals surface area contributed by atoms with Crippen LogP contribution in [0.15, 0.2) is 24.3 Å². The largest absolute Gasteiger partial charge is 0.480 e. The lowest BCUT2D eigenvalue weighted by Crippen LogP contribution is -2.47. The molecule has 0 spiro atoms. The van der Waals surface area contributed by atoms with Crippen LogP contribution in [0.4, 0.5) is 5.69 Å². The first-order valence-corrected chi connectivity index (χ1v) is 9.65. The Morgan fingerprint density at radius 3 is 2.33 bits per heavy atom. The first-order chi connectivity index (χ1) is 13.0. The number of carboxylic acids is 1. The van der Waals surface area contributed by atoms with E-state index in [2.05, 4.69) is 22.8 Å². The second-order valence-electron chi connectivity index (χ2n) is 6.71. The van der Waals surface area contributed by atoms with Crippen LogP contribution in [0, 0.1) is 0 Å². The van der Waals surface area contributed by atoms with Gasteiger partial charge < -0.3 is 10.4 Å². The number of carbonyl (C=O) groups is 3. The summed E-state index contributed by atoms with van der Waals surface area (Å²) in [6.07, 6.45) is 2.77. The third kappa shape index (κ3) is 6.06. The Morgan fingerprint density at radius 1 is 1.15 bits per heavy atom. The number of anilines is 1. The van der Waals surface area contributed by atoms with Gasteiger partial charge >= 0.3 is 5.97 Å². The second-order valence-corrected chi connectivity index (χ2v) is 6.71. The number of nitrogens with zero attached hydrogens (tertiary/aromatic N) is 1. The highest BCUT2D eigenvalue weighted by atomic mass is 16.4. The minimum atomic E-state index is -0.776. The Bertz CT molecular complexity index is 652. The zero-order chi connectivity index (χ0) is 19.8. The number of carboxylic acid groups (broad SMARTS) is 1. The highest BCUT2D eigenvalue weighted by Gasteiger charge is 2.26. The highest BCUT2D eigenvalue weighted by molar-refractivity contribution is 6.01. The molecule has 1 aromatic rings. The zero-order valence-corrected chi connectivity index (χ0v) is 16.0. The van der Waals surface area contributed by atoms with Crippen LogP contribution >= 0.6 is 0 Å². The molecule has 7 nitrogen and oxygen atoms in total. The summed E-state index contributed by atoms with van der Waals surface area (Å²) in [5.41, 5.74) is 2.10. The molecule has 0 bridgehead atoms. The number of nitrogens with one attached hydrogen (secondary N) is 2. The van der Waals surface area contributed by atoms with Crippen molar-refractivity contribution >= 4 is 23.5 Å². The van der Waals surface area contributed by atoms with E-state index in [1.807, 2.05) is 30.9 Å². The van der Waals surface area contributed by atoms with Crippen molar-refractivity contribution in [3.63, 3.8) is 0 Å². The van der Waals surface area contributed by atoms with Crippen LogP contribution in [-0.4, -0.2) is 53.5 Å². The van der Waals surface area contributed by atoms with Crippen LogP contribution in [0.25, 0.3) is 0 Å². The van der Waals surface area contributed by atoms with Crippen LogP contribution in [0.1, 0.15) is 51.0 Å². The smallest absolute Gasteiger partial charge is 0.317 e. The maximum Gasteiger partial charge on any atom is 0.317 e. The average molecular weight is 375 g/mol. The number of piperidine rings is 2. The second kappa shape index (κ2) is 10.1. The first-order valence-electron chi connectivity index (χ1n) is 9.65. The molecular weight excluding hydrogens is 346 g/mol. The molecule has 0 saturated carbocycles. The number of aliphatic carboxylic acids is 1. The molecule has 2 aliphatic rings. The normalized spacial score (nSPS) is 21.0. The third-order valence-corrected chi connectivity index (χ3v) is 4.91. The highest BCUT2D eigenvalue weighted by Crippen LogP contribution is 2.29. The Labute approximate surface area is 160 Å². The van der Waals surface area contributed by atoms with Crippen molar-refractivity contribution in [2.75, 3.05) is 25.0 Å². The van der Waals surface area contributed by atoms with Gasteiger partial charge in [0, 0.05) is 12.1 Å². The van der Waals surface area contributed by atoms with E-state index in [9.17, 15) is 14.4 Å². The van der Waals surface area contributed by atoms with E-state index in [4.69, 9.17) is 5.11 Å². The van der Waals surface area contributed by atoms with Gasteiger partial charge in [-0.15, -0.1) is 0 Å². The van der Waals surface area contributed by atoms with Gasteiger partial charge in [-0.3, -0.25) is 24.6 Å². The van der Waals surface area contributed by atoms with Gasteiger partial charge in [0.05, 0.1) is 6.54 Å². The quantitative estimate of drug-likeness (QED) is 0.683. The van der Waals surface area contributed by atoms with Crippen molar-refractivity contribution in [1.29, 1.82) is 0 Å². The Balaban J connectivity index is 0.00000126. The molecule has 2 amide bonds. The summed E-state index contributed by atoms with van der Waals surface area (Å²) in [5, 5.41) is 14.4. The summed E-state index contributed by atoms with van der Waals surface area (Å²) < 4.78 is 0. The van der Waals surface area contributed by atoms with Crippen LogP contribution in [0.5, 0.6) is 0 Å². The summed E-state index contributed by atoms with van der Waals surface area (Å²) in [7, 11) is 0. The molecule has 27 heavy (non-hydrogen) atoms. The zero-order valence-electron chi connectivity index (χ0n) is 16.0.